The number of nitrogens with one attached hydrogen (secondary N) is 2. The maximum absolute atomic E-state index is 12.4. The topological polar surface area (TPSA) is 88.4 Å². The van der Waals surface area contributed by atoms with Crippen LogP contribution < -0.4 is 10.6 Å². The fourth-order valence-electron chi connectivity index (χ4n) is 3.81. The first kappa shape index (κ1) is 22.0. The van der Waals surface area contributed by atoms with Crippen molar-refractivity contribution in [2.24, 2.45) is 0 Å². The molecule has 0 aliphatic rings. The van der Waals surface area contributed by atoms with Gasteiger partial charge in [0.1, 0.15) is 0 Å². The molecule has 164 valence electrons. The summed E-state index contributed by atoms with van der Waals surface area (Å²) in [4.78, 5) is 29.3. The maximum Gasteiger partial charge on any atom is 0.243 e. The number of nitrogens with zero attached hydrogens (tertiary/aromatic N) is 3. The van der Waals surface area contributed by atoms with Crippen LogP contribution in [0.2, 0.25) is 0 Å². The lowest BCUT2D eigenvalue weighted by Gasteiger charge is -2.12. The van der Waals surface area contributed by atoms with E-state index in [1.807, 2.05) is 67.8 Å². The third kappa shape index (κ3) is 4.50. The van der Waals surface area contributed by atoms with Crippen molar-refractivity contribution in [2.75, 3.05) is 11.9 Å². The van der Waals surface area contributed by atoms with Crippen LogP contribution in [0.4, 0.5) is 5.69 Å². The number of anilines is 1. The Hall–Kier alpha value is -3.26. The summed E-state index contributed by atoms with van der Waals surface area (Å²) in [7, 11) is 0. The molecule has 4 rings (SSSR count). The van der Waals surface area contributed by atoms with Crippen LogP contribution in [0.1, 0.15) is 28.9 Å². The Kier molecular flexibility index (Phi) is 6.23. The molecule has 0 fully saturated rings. The molecule has 0 bridgehead atoms. The first-order valence-electron chi connectivity index (χ1n) is 10.4. The molecular formula is C24H24BrN5O2. The van der Waals surface area contributed by atoms with Gasteiger partial charge in [-0.2, -0.15) is 5.10 Å². The lowest BCUT2D eigenvalue weighted by molar-refractivity contribution is -0.124. The average Bonchev–Trinajstić information content (AvgIpc) is 3.13. The summed E-state index contributed by atoms with van der Waals surface area (Å²) in [6, 6.07) is 13.5. The van der Waals surface area contributed by atoms with E-state index in [2.05, 4.69) is 31.7 Å². The molecule has 0 atom stereocenters. The molecule has 0 spiro atoms. The molecule has 2 N–H and O–H groups in total. The molecule has 0 unspecified atom stereocenters. The lowest BCUT2D eigenvalue weighted by Crippen LogP contribution is -2.33. The van der Waals surface area contributed by atoms with Crippen molar-refractivity contribution in [1.29, 1.82) is 0 Å². The van der Waals surface area contributed by atoms with Crippen LogP contribution in [-0.4, -0.2) is 33.0 Å². The highest BCUT2D eigenvalue weighted by atomic mass is 79.9. The standard InChI is InChI=1S/C24H24BrN5O2/c1-14-12-17(25)8-10-20(14)28-23(32)13-26-22(31)11-9-18-15(2)27-24-19-6-4-5-7-21(19)29-30(24)16(18)3/h4-8,10,12H,9,11,13H2,1-3H3,(H,26,31)(H,28,32). The van der Waals surface area contributed by atoms with E-state index in [1.54, 1.807) is 0 Å². The predicted octanol–water partition coefficient (Wildman–Crippen LogP) is 4.26. The van der Waals surface area contributed by atoms with E-state index in [0.717, 1.165) is 49.2 Å². The zero-order valence-electron chi connectivity index (χ0n) is 18.2. The minimum atomic E-state index is -0.262. The van der Waals surface area contributed by atoms with Gasteiger partial charge in [0.05, 0.1) is 12.1 Å². The Morgan fingerprint density at radius 1 is 1.06 bits per heavy atom. The minimum absolute atomic E-state index is 0.0753. The first-order valence-corrected chi connectivity index (χ1v) is 11.2. The number of halogens is 1. The summed E-state index contributed by atoms with van der Waals surface area (Å²) in [5.41, 5.74) is 6.24. The fourth-order valence-corrected chi connectivity index (χ4v) is 4.28. The Morgan fingerprint density at radius 2 is 1.84 bits per heavy atom. The van der Waals surface area contributed by atoms with Gasteiger partial charge in [0.15, 0.2) is 5.65 Å². The largest absolute Gasteiger partial charge is 0.347 e. The van der Waals surface area contributed by atoms with E-state index in [1.165, 1.54) is 0 Å². The first-order chi connectivity index (χ1) is 15.3. The lowest BCUT2D eigenvalue weighted by atomic mass is 10.1. The summed E-state index contributed by atoms with van der Waals surface area (Å²) < 4.78 is 2.79. The zero-order valence-corrected chi connectivity index (χ0v) is 19.8. The van der Waals surface area contributed by atoms with Gasteiger partial charge in [-0.1, -0.05) is 28.1 Å². The molecule has 2 amide bonds. The number of carbonyl (C=O) groups excluding carboxylic acids is 2. The molecule has 0 radical (unpaired) electrons. The zero-order chi connectivity index (χ0) is 22.8. The molecule has 0 saturated heterocycles. The summed E-state index contributed by atoms with van der Waals surface area (Å²) in [5, 5.41) is 11.2. The highest BCUT2D eigenvalue weighted by molar-refractivity contribution is 9.10. The van der Waals surface area contributed by atoms with Crippen molar-refractivity contribution in [1.82, 2.24) is 19.9 Å². The predicted molar refractivity (Wildman–Crippen MR) is 129 cm³/mol. The summed E-state index contributed by atoms with van der Waals surface area (Å²) in [6.07, 6.45) is 0.788. The summed E-state index contributed by atoms with van der Waals surface area (Å²) >= 11 is 3.40. The highest BCUT2D eigenvalue weighted by Gasteiger charge is 2.15. The quantitative estimate of drug-likeness (QED) is 0.420. The number of aromatic nitrogens is 3. The Balaban J connectivity index is 1.38. The van der Waals surface area contributed by atoms with Gasteiger partial charge in [-0.3, -0.25) is 9.59 Å². The molecule has 8 heteroatoms. The van der Waals surface area contributed by atoms with E-state index in [9.17, 15) is 9.59 Å². The van der Waals surface area contributed by atoms with Gasteiger partial charge in [-0.25, -0.2) is 9.50 Å². The molecule has 2 aromatic heterocycles. The Labute approximate surface area is 194 Å². The molecule has 32 heavy (non-hydrogen) atoms. The smallest absolute Gasteiger partial charge is 0.243 e. The van der Waals surface area contributed by atoms with Gasteiger partial charge >= 0.3 is 0 Å². The second kappa shape index (κ2) is 9.08. The van der Waals surface area contributed by atoms with Gasteiger partial charge in [-0.05, 0) is 68.7 Å². The molecule has 0 aliphatic heterocycles. The van der Waals surface area contributed by atoms with Crippen LogP contribution in [-0.2, 0) is 16.0 Å². The number of aryl methyl sites for hydroxylation is 3. The van der Waals surface area contributed by atoms with Crippen LogP contribution in [0.25, 0.3) is 16.6 Å². The molecule has 2 heterocycles. The third-order valence-electron chi connectivity index (χ3n) is 5.53. The van der Waals surface area contributed by atoms with E-state index in [-0.39, 0.29) is 24.8 Å². The third-order valence-corrected chi connectivity index (χ3v) is 6.02. The molecule has 7 nitrogen and oxygen atoms in total. The van der Waals surface area contributed by atoms with Crippen molar-refractivity contribution < 1.29 is 9.59 Å². The number of hydrogen-bond acceptors (Lipinski definition) is 4. The van der Waals surface area contributed by atoms with E-state index < -0.39 is 0 Å². The highest BCUT2D eigenvalue weighted by Crippen LogP contribution is 2.23. The van der Waals surface area contributed by atoms with E-state index in [4.69, 9.17) is 4.98 Å². The molecule has 0 saturated carbocycles. The number of hydrogen-bond donors (Lipinski definition) is 2. The van der Waals surface area contributed by atoms with Crippen LogP contribution in [0.3, 0.4) is 0 Å². The van der Waals surface area contributed by atoms with Crippen molar-refractivity contribution >= 4 is 50.0 Å². The van der Waals surface area contributed by atoms with Crippen LogP contribution in [0, 0.1) is 20.8 Å². The van der Waals surface area contributed by atoms with Crippen molar-refractivity contribution in [3.05, 3.63) is 69.5 Å². The number of amides is 2. The molecule has 4 aromatic rings. The van der Waals surface area contributed by atoms with Gasteiger partial charge in [0.25, 0.3) is 0 Å². The van der Waals surface area contributed by atoms with Crippen molar-refractivity contribution in [3.8, 4) is 0 Å². The van der Waals surface area contributed by atoms with Crippen LogP contribution in [0.5, 0.6) is 0 Å². The second-order valence-electron chi connectivity index (χ2n) is 7.80. The number of rotatable bonds is 6. The van der Waals surface area contributed by atoms with E-state index in [0.29, 0.717) is 6.42 Å². The number of benzene rings is 2. The second-order valence-corrected chi connectivity index (χ2v) is 8.71. The summed E-state index contributed by atoms with van der Waals surface area (Å²) in [6.45, 7) is 5.79. The van der Waals surface area contributed by atoms with Crippen molar-refractivity contribution in [2.45, 2.75) is 33.6 Å². The van der Waals surface area contributed by atoms with Crippen LogP contribution in [0.15, 0.2) is 46.9 Å². The van der Waals surface area contributed by atoms with Gasteiger partial charge in [-0.15, -0.1) is 0 Å². The van der Waals surface area contributed by atoms with Gasteiger partial charge in [0, 0.05) is 33.4 Å². The number of carbonyl (C=O) groups is 2. The average molecular weight is 494 g/mol. The SMILES string of the molecule is Cc1cc(Br)ccc1NC(=O)CNC(=O)CCc1c(C)nc2c3ccccc3nn2c1C. The molecular weight excluding hydrogens is 470 g/mol. The van der Waals surface area contributed by atoms with Gasteiger partial charge in [0.2, 0.25) is 11.8 Å². The van der Waals surface area contributed by atoms with Crippen molar-refractivity contribution in [3.63, 3.8) is 0 Å². The monoisotopic (exact) mass is 493 g/mol. The maximum atomic E-state index is 12.4. The minimum Gasteiger partial charge on any atom is -0.347 e. The number of fused-ring (bicyclic) bond motifs is 3. The van der Waals surface area contributed by atoms with Crippen LogP contribution >= 0.6 is 15.9 Å². The summed E-state index contributed by atoms with van der Waals surface area (Å²) in [5.74, 6) is -0.445. The molecule has 0 aliphatic carbocycles. The normalized spacial score (nSPS) is 11.1. The fraction of sp³-hybridized carbons (Fsp3) is 0.250. The molecule has 2 aromatic carbocycles. The van der Waals surface area contributed by atoms with Gasteiger partial charge < -0.3 is 10.6 Å². The van der Waals surface area contributed by atoms with E-state index >= 15 is 0 Å². The Morgan fingerprint density at radius 3 is 2.62 bits per heavy atom. The Bertz CT molecular complexity index is 1350.